The number of amides is 1. The molecule has 190 valence electrons. The van der Waals surface area contributed by atoms with E-state index < -0.39 is 44.2 Å². The van der Waals surface area contributed by atoms with Crippen LogP contribution in [-0.4, -0.2) is 42.2 Å². The van der Waals surface area contributed by atoms with Crippen LogP contribution in [0.4, 0.5) is 18.9 Å². The van der Waals surface area contributed by atoms with Gasteiger partial charge in [0.1, 0.15) is 5.82 Å². The van der Waals surface area contributed by atoms with E-state index in [0.29, 0.717) is 10.6 Å². The van der Waals surface area contributed by atoms with Crippen molar-refractivity contribution in [1.29, 1.82) is 0 Å². The number of nitrogens with two attached hydrogens (primary N) is 1. The highest BCUT2D eigenvalue weighted by Crippen LogP contribution is 2.44. The lowest BCUT2D eigenvalue weighted by Gasteiger charge is -2.33. The molecule has 0 saturated heterocycles. The summed E-state index contributed by atoms with van der Waals surface area (Å²) in [7, 11) is -4.12. The van der Waals surface area contributed by atoms with Gasteiger partial charge in [-0.1, -0.05) is 23.7 Å². The number of hydrogen-bond donors (Lipinski definition) is 1. The van der Waals surface area contributed by atoms with Crippen molar-refractivity contribution in [2.24, 2.45) is 11.7 Å². The number of carbonyl (C=O) groups is 1. The van der Waals surface area contributed by atoms with Crippen molar-refractivity contribution in [1.82, 2.24) is 10.2 Å². The molecule has 1 aromatic heterocycles. The first-order chi connectivity index (χ1) is 16.9. The van der Waals surface area contributed by atoms with E-state index in [1.54, 1.807) is 24.3 Å². The molecule has 3 aromatic rings. The number of halogens is 4. The Labute approximate surface area is 209 Å². The molecule has 13 heteroatoms. The highest BCUT2D eigenvalue weighted by molar-refractivity contribution is 7.91. The number of hydrogen-bond acceptors (Lipinski definition) is 7. The number of fused-ring (bicyclic) bond motifs is 1. The van der Waals surface area contributed by atoms with Gasteiger partial charge in [0.15, 0.2) is 9.84 Å². The van der Waals surface area contributed by atoms with E-state index >= 15 is 4.39 Å². The fourth-order valence-corrected chi connectivity index (χ4v) is 6.13. The molecule has 1 aliphatic carbocycles. The lowest BCUT2D eigenvalue weighted by atomic mass is 9.79. The van der Waals surface area contributed by atoms with Gasteiger partial charge in [0.25, 0.3) is 5.89 Å². The number of sulfone groups is 1. The summed E-state index contributed by atoms with van der Waals surface area (Å²) in [5.41, 5.74) is 6.21. The molecular formula is C23H20ClF3N4O4S. The zero-order chi connectivity index (χ0) is 25.8. The Balaban J connectivity index is 1.54. The van der Waals surface area contributed by atoms with Crippen molar-refractivity contribution < 1.29 is 30.8 Å². The summed E-state index contributed by atoms with van der Waals surface area (Å²) in [5, 5.41) is 8.12. The predicted molar refractivity (Wildman–Crippen MR) is 124 cm³/mol. The van der Waals surface area contributed by atoms with Crippen LogP contribution in [-0.2, 0) is 27.6 Å². The zero-order valence-corrected chi connectivity index (χ0v) is 20.2. The predicted octanol–water partition coefficient (Wildman–Crippen LogP) is 3.76. The van der Waals surface area contributed by atoms with Crippen LogP contribution in [0.15, 0.2) is 45.7 Å². The molecule has 36 heavy (non-hydrogen) atoms. The maximum Gasteiger partial charge on any atom is 0.250 e. The van der Waals surface area contributed by atoms with Gasteiger partial charge in [-0.3, -0.25) is 4.79 Å². The third-order valence-corrected chi connectivity index (χ3v) is 8.29. The molecular weight excluding hydrogens is 521 g/mol. The van der Waals surface area contributed by atoms with Crippen molar-refractivity contribution in [2.75, 3.05) is 10.7 Å². The maximum absolute atomic E-state index is 15.1. The van der Waals surface area contributed by atoms with Crippen LogP contribution >= 0.6 is 11.6 Å². The Morgan fingerprint density at radius 1 is 1.17 bits per heavy atom. The molecule has 2 aromatic carbocycles. The third kappa shape index (κ3) is 4.72. The summed E-state index contributed by atoms with van der Waals surface area (Å²) in [6.45, 7) is -0.0533. The summed E-state index contributed by atoms with van der Waals surface area (Å²) in [5.74, 6) is -5.55. The van der Waals surface area contributed by atoms with Crippen molar-refractivity contribution >= 4 is 33.0 Å². The Hall–Kier alpha value is -2.96. The number of rotatable bonds is 5. The number of alkyl halides is 2. The Bertz CT molecular complexity index is 1440. The molecule has 2 aliphatic rings. The monoisotopic (exact) mass is 540 g/mol. The van der Waals surface area contributed by atoms with Crippen LogP contribution in [0.25, 0.3) is 11.5 Å². The first-order valence-electron chi connectivity index (χ1n) is 11.0. The lowest BCUT2D eigenvalue weighted by Crippen LogP contribution is -2.45. The molecule has 1 aliphatic heterocycles. The second kappa shape index (κ2) is 8.86. The summed E-state index contributed by atoms with van der Waals surface area (Å²) in [6.07, 6.45) is -0.477. The molecule has 8 nitrogen and oxygen atoms in total. The minimum atomic E-state index is -4.12. The minimum Gasteiger partial charge on any atom is -0.421 e. The summed E-state index contributed by atoms with van der Waals surface area (Å²) < 4.78 is 72.8. The molecule has 0 radical (unpaired) electrons. The van der Waals surface area contributed by atoms with E-state index in [1.807, 2.05) is 0 Å². The number of aromatic nitrogens is 2. The van der Waals surface area contributed by atoms with E-state index in [-0.39, 0.29) is 54.8 Å². The van der Waals surface area contributed by atoms with Crippen LogP contribution < -0.4 is 10.6 Å². The molecule has 2 heterocycles. The van der Waals surface area contributed by atoms with Gasteiger partial charge < -0.3 is 15.1 Å². The summed E-state index contributed by atoms with van der Waals surface area (Å²) in [6, 6.07) is 7.16. The van der Waals surface area contributed by atoms with Crippen molar-refractivity contribution in [3.8, 4) is 11.5 Å². The van der Waals surface area contributed by atoms with Gasteiger partial charge in [0, 0.05) is 24.3 Å². The first kappa shape index (κ1) is 24.7. The van der Waals surface area contributed by atoms with E-state index in [2.05, 4.69) is 10.2 Å². The van der Waals surface area contributed by atoms with Gasteiger partial charge in [-0.15, -0.1) is 10.2 Å². The van der Waals surface area contributed by atoms with Crippen LogP contribution in [0.2, 0.25) is 5.02 Å². The first-order valence-corrected chi connectivity index (χ1v) is 13.0. The molecule has 0 unspecified atom stereocenters. The Morgan fingerprint density at radius 3 is 2.53 bits per heavy atom. The highest BCUT2D eigenvalue weighted by atomic mass is 35.5. The van der Waals surface area contributed by atoms with Crippen molar-refractivity contribution in [2.45, 2.75) is 42.7 Å². The highest BCUT2D eigenvalue weighted by Gasteiger charge is 2.45. The van der Waals surface area contributed by atoms with E-state index in [4.69, 9.17) is 21.8 Å². The van der Waals surface area contributed by atoms with Crippen molar-refractivity contribution in [3.05, 3.63) is 58.7 Å². The average molecular weight is 541 g/mol. The van der Waals surface area contributed by atoms with Gasteiger partial charge in [0.2, 0.25) is 17.7 Å². The average Bonchev–Trinajstić information content (AvgIpc) is 3.22. The lowest BCUT2D eigenvalue weighted by molar-refractivity contribution is -0.119. The second-order valence-electron chi connectivity index (χ2n) is 9.07. The largest absolute Gasteiger partial charge is 0.421 e. The molecule has 1 amide bonds. The van der Waals surface area contributed by atoms with Gasteiger partial charge >= 0.3 is 0 Å². The Kier molecular flexibility index (Phi) is 6.08. The van der Waals surface area contributed by atoms with Gasteiger partial charge in [-0.25, -0.2) is 21.6 Å². The molecule has 0 spiro atoms. The van der Waals surface area contributed by atoms with Crippen LogP contribution in [0.1, 0.15) is 24.3 Å². The molecule has 1 atom stereocenters. The fourth-order valence-electron chi connectivity index (χ4n) is 4.44. The SMILES string of the molecule is N[C@H]1CS(=O)(=O)c2cc(F)c(-c3nnc(CC4CC(F)(F)C4)o3)cc2N(Cc2ccc(Cl)cc2)C1=O. The summed E-state index contributed by atoms with van der Waals surface area (Å²) >= 11 is 5.94. The van der Waals surface area contributed by atoms with Crippen LogP contribution in [0.3, 0.4) is 0 Å². The van der Waals surface area contributed by atoms with Gasteiger partial charge in [-0.05, 0) is 35.7 Å². The number of anilines is 1. The number of carbonyl (C=O) groups excluding carboxylic acids is 1. The third-order valence-electron chi connectivity index (χ3n) is 6.25. The van der Waals surface area contributed by atoms with Gasteiger partial charge in [-0.2, -0.15) is 0 Å². The smallest absolute Gasteiger partial charge is 0.250 e. The van der Waals surface area contributed by atoms with E-state index in [0.717, 1.165) is 12.1 Å². The summed E-state index contributed by atoms with van der Waals surface area (Å²) in [4.78, 5) is 13.9. The normalized spacial score (nSPS) is 21.1. The number of nitrogens with zero attached hydrogens (tertiary/aromatic N) is 3. The Morgan fingerprint density at radius 2 is 1.86 bits per heavy atom. The molecule has 0 bridgehead atoms. The topological polar surface area (TPSA) is 119 Å². The molecule has 2 N–H and O–H groups in total. The van der Waals surface area contributed by atoms with Crippen LogP contribution in [0.5, 0.6) is 0 Å². The zero-order valence-electron chi connectivity index (χ0n) is 18.6. The number of benzene rings is 2. The quantitative estimate of drug-likeness (QED) is 0.523. The standard InChI is InChI=1S/C23H20ClF3N4O4S/c24-14-3-1-12(2-4-14)10-31-18-6-15(16(25)7-19(18)36(33,34)11-17(28)22(31)32)21-30-29-20(35-21)5-13-8-23(26,27)9-13/h1-4,6-7,13,17H,5,8-11,28H2/t17-/m0/s1. The maximum atomic E-state index is 15.1. The molecule has 1 saturated carbocycles. The van der Waals surface area contributed by atoms with E-state index in [1.165, 1.54) is 4.90 Å². The van der Waals surface area contributed by atoms with Crippen LogP contribution in [0, 0.1) is 11.7 Å². The molecule has 1 fully saturated rings. The second-order valence-corrected chi connectivity index (χ2v) is 11.5. The van der Waals surface area contributed by atoms with Crippen molar-refractivity contribution in [3.63, 3.8) is 0 Å². The molecule has 5 rings (SSSR count). The van der Waals surface area contributed by atoms with E-state index in [9.17, 15) is 22.0 Å². The van der Waals surface area contributed by atoms with Gasteiger partial charge in [0.05, 0.1) is 34.5 Å². The minimum absolute atomic E-state index is 0.0533. The fraction of sp³-hybridized carbons (Fsp3) is 0.348.